The third-order valence-electron chi connectivity index (χ3n) is 3.39. The van der Waals surface area contributed by atoms with Gasteiger partial charge in [0.1, 0.15) is 11.6 Å². The Morgan fingerprint density at radius 3 is 2.24 bits per heavy atom. The van der Waals surface area contributed by atoms with Gasteiger partial charge in [-0.2, -0.15) is 0 Å². The van der Waals surface area contributed by atoms with E-state index in [9.17, 15) is 14.4 Å². The molecule has 2 amide bonds. The fourth-order valence-corrected chi connectivity index (χ4v) is 2.28. The molecule has 120 valence electrons. The number of nitrogens with zero attached hydrogens (tertiary/aromatic N) is 2. The summed E-state index contributed by atoms with van der Waals surface area (Å²) in [4.78, 5) is 38.3. The first-order valence-electron chi connectivity index (χ1n) is 6.87. The van der Waals surface area contributed by atoms with Crippen LogP contribution in [-0.2, 0) is 19.1 Å². The first-order chi connectivity index (χ1) is 9.56. The van der Waals surface area contributed by atoms with E-state index < -0.39 is 23.7 Å². The molecule has 0 bridgehead atoms. The van der Waals surface area contributed by atoms with Gasteiger partial charge in [-0.25, -0.2) is 9.59 Å². The highest BCUT2D eigenvalue weighted by atomic mass is 16.6. The second-order valence-corrected chi connectivity index (χ2v) is 6.19. The van der Waals surface area contributed by atoms with Crippen LogP contribution in [0.2, 0.25) is 0 Å². The number of methoxy groups -OCH3 is 1. The predicted octanol–water partition coefficient (Wildman–Crippen LogP) is 1.02. The van der Waals surface area contributed by atoms with Crippen LogP contribution in [0.15, 0.2) is 0 Å². The minimum atomic E-state index is -0.651. The second-order valence-electron chi connectivity index (χ2n) is 6.19. The highest BCUT2D eigenvalue weighted by Crippen LogP contribution is 2.24. The zero-order valence-electron chi connectivity index (χ0n) is 13.5. The van der Waals surface area contributed by atoms with Gasteiger partial charge in [-0.15, -0.1) is 0 Å². The lowest BCUT2D eigenvalue weighted by Crippen LogP contribution is -2.42. The Morgan fingerprint density at radius 2 is 1.81 bits per heavy atom. The van der Waals surface area contributed by atoms with E-state index in [0.29, 0.717) is 13.0 Å². The summed E-state index contributed by atoms with van der Waals surface area (Å²) in [7, 11) is 2.89. The maximum atomic E-state index is 12.1. The third-order valence-corrected chi connectivity index (χ3v) is 3.39. The number of likely N-dealkylation sites (tertiary alicyclic amines) is 1. The van der Waals surface area contributed by atoms with Crippen LogP contribution in [0.4, 0.5) is 4.79 Å². The van der Waals surface area contributed by atoms with Crippen LogP contribution < -0.4 is 0 Å². The molecule has 0 spiro atoms. The molecular formula is C14H24N2O5. The minimum absolute atomic E-state index is 0.217. The maximum Gasteiger partial charge on any atom is 0.410 e. The summed E-state index contributed by atoms with van der Waals surface area (Å²) in [5.41, 5.74) is -0.591. The van der Waals surface area contributed by atoms with Crippen molar-refractivity contribution in [3.63, 3.8) is 0 Å². The minimum Gasteiger partial charge on any atom is -0.467 e. The van der Waals surface area contributed by atoms with E-state index in [0.717, 1.165) is 0 Å². The summed E-state index contributed by atoms with van der Waals surface area (Å²) in [6.45, 7) is 7.04. The Labute approximate surface area is 125 Å². The van der Waals surface area contributed by atoms with Gasteiger partial charge in [-0.3, -0.25) is 4.79 Å². The van der Waals surface area contributed by atoms with Gasteiger partial charge >= 0.3 is 12.1 Å². The lowest BCUT2D eigenvalue weighted by atomic mass is 10.1. The Balaban J connectivity index is 2.79. The van der Waals surface area contributed by atoms with Crippen LogP contribution in [0, 0.1) is 0 Å². The largest absolute Gasteiger partial charge is 0.467 e. The molecular weight excluding hydrogens is 276 g/mol. The molecule has 0 aromatic rings. The molecule has 21 heavy (non-hydrogen) atoms. The number of hydrogen-bond acceptors (Lipinski definition) is 5. The SMILES string of the molecule is COC(=O)[C@@H]1C[C@@H](N(C)C(=O)OC(C)(C)C)CN1C(C)=O. The Hall–Kier alpha value is -1.79. The average Bonchev–Trinajstić information content (AvgIpc) is 2.79. The molecule has 1 aliphatic heterocycles. The molecule has 0 saturated carbocycles. The van der Waals surface area contributed by atoms with Crippen molar-refractivity contribution in [1.82, 2.24) is 9.80 Å². The molecule has 0 aromatic heterocycles. The number of amides is 2. The van der Waals surface area contributed by atoms with Gasteiger partial charge in [0.2, 0.25) is 5.91 Å². The highest BCUT2D eigenvalue weighted by molar-refractivity contribution is 5.84. The molecule has 0 aliphatic carbocycles. The van der Waals surface area contributed by atoms with Gasteiger partial charge in [-0.1, -0.05) is 0 Å². The lowest BCUT2D eigenvalue weighted by Gasteiger charge is -2.28. The van der Waals surface area contributed by atoms with Crippen LogP contribution in [-0.4, -0.2) is 66.2 Å². The lowest BCUT2D eigenvalue weighted by molar-refractivity contribution is -0.150. The molecule has 1 aliphatic rings. The number of hydrogen-bond donors (Lipinski definition) is 0. The van der Waals surface area contributed by atoms with Crippen molar-refractivity contribution in [2.24, 2.45) is 0 Å². The van der Waals surface area contributed by atoms with E-state index in [1.54, 1.807) is 27.8 Å². The van der Waals surface area contributed by atoms with Gasteiger partial charge in [-0.05, 0) is 20.8 Å². The van der Waals surface area contributed by atoms with Crippen LogP contribution in [0.1, 0.15) is 34.1 Å². The first-order valence-corrected chi connectivity index (χ1v) is 6.87. The van der Waals surface area contributed by atoms with E-state index in [1.165, 1.54) is 23.8 Å². The van der Waals surface area contributed by atoms with Crippen LogP contribution in [0.3, 0.4) is 0 Å². The standard InChI is InChI=1S/C14H24N2O5/c1-9(17)16-8-10(7-11(16)12(18)20-6)15(5)13(19)21-14(2,3)4/h10-11H,7-8H2,1-6H3/t10-,11+/m1/s1. The van der Waals surface area contributed by atoms with Gasteiger partial charge < -0.3 is 19.3 Å². The number of esters is 1. The number of carbonyl (C=O) groups excluding carboxylic acids is 3. The van der Waals surface area contributed by atoms with Crippen molar-refractivity contribution in [2.45, 2.75) is 51.8 Å². The van der Waals surface area contributed by atoms with E-state index in [1.807, 2.05) is 0 Å². The second kappa shape index (κ2) is 6.32. The van der Waals surface area contributed by atoms with Gasteiger partial charge in [0.05, 0.1) is 13.2 Å². The summed E-state index contributed by atoms with van der Waals surface area (Å²) in [6.07, 6.45) is -0.122. The highest BCUT2D eigenvalue weighted by Gasteiger charge is 2.42. The molecule has 2 atom stereocenters. The van der Waals surface area contributed by atoms with Gasteiger partial charge in [0.25, 0.3) is 0 Å². The molecule has 0 aromatic carbocycles. The fraction of sp³-hybridized carbons (Fsp3) is 0.786. The van der Waals surface area contributed by atoms with Crippen LogP contribution >= 0.6 is 0 Å². The van der Waals surface area contributed by atoms with Crippen molar-refractivity contribution in [2.75, 3.05) is 20.7 Å². The Morgan fingerprint density at radius 1 is 1.24 bits per heavy atom. The number of rotatable bonds is 2. The smallest absolute Gasteiger partial charge is 0.410 e. The summed E-state index contributed by atoms with van der Waals surface area (Å²) in [6, 6.07) is -0.921. The number of ether oxygens (including phenoxy) is 2. The zero-order valence-corrected chi connectivity index (χ0v) is 13.5. The summed E-state index contributed by atoms with van der Waals surface area (Å²) in [5, 5.41) is 0. The molecule has 1 heterocycles. The molecule has 0 N–H and O–H groups in total. The maximum absolute atomic E-state index is 12.1. The third kappa shape index (κ3) is 4.34. The Bertz CT molecular complexity index is 430. The monoisotopic (exact) mass is 300 g/mol. The van der Waals surface area contributed by atoms with Crippen molar-refractivity contribution in [3.8, 4) is 0 Å². The van der Waals surface area contributed by atoms with Crippen molar-refractivity contribution >= 4 is 18.0 Å². The van der Waals surface area contributed by atoms with Crippen molar-refractivity contribution in [1.29, 1.82) is 0 Å². The van der Waals surface area contributed by atoms with Crippen molar-refractivity contribution in [3.05, 3.63) is 0 Å². The average molecular weight is 300 g/mol. The van der Waals surface area contributed by atoms with Crippen molar-refractivity contribution < 1.29 is 23.9 Å². The topological polar surface area (TPSA) is 76.2 Å². The van der Waals surface area contributed by atoms with E-state index in [4.69, 9.17) is 9.47 Å². The van der Waals surface area contributed by atoms with Crippen LogP contribution in [0.5, 0.6) is 0 Å². The molecule has 1 rings (SSSR count). The molecule has 0 radical (unpaired) electrons. The van der Waals surface area contributed by atoms with E-state index >= 15 is 0 Å². The molecule has 1 fully saturated rings. The van der Waals surface area contributed by atoms with E-state index in [2.05, 4.69) is 0 Å². The molecule has 7 heteroatoms. The summed E-state index contributed by atoms with van der Waals surface area (Å²) in [5.74, 6) is -0.684. The summed E-state index contributed by atoms with van der Waals surface area (Å²) < 4.78 is 10.0. The molecule has 7 nitrogen and oxygen atoms in total. The zero-order chi connectivity index (χ0) is 16.4. The fourth-order valence-electron chi connectivity index (χ4n) is 2.28. The van der Waals surface area contributed by atoms with Gasteiger partial charge in [0.15, 0.2) is 0 Å². The first kappa shape index (κ1) is 17.3. The quantitative estimate of drug-likeness (QED) is 0.712. The number of likely N-dealkylation sites (N-methyl/N-ethyl adjacent to an activating group) is 1. The Kier molecular flexibility index (Phi) is 5.20. The molecule has 1 saturated heterocycles. The normalized spacial score (nSPS) is 21.9. The van der Waals surface area contributed by atoms with E-state index in [-0.39, 0.29) is 11.9 Å². The predicted molar refractivity (Wildman–Crippen MR) is 75.6 cm³/mol. The van der Waals surface area contributed by atoms with Crippen LogP contribution in [0.25, 0.3) is 0 Å². The number of carbonyl (C=O) groups is 3. The summed E-state index contributed by atoms with van der Waals surface area (Å²) >= 11 is 0. The van der Waals surface area contributed by atoms with Gasteiger partial charge in [0, 0.05) is 26.9 Å². The molecule has 0 unspecified atom stereocenters.